The highest BCUT2D eigenvalue weighted by Gasteiger charge is 1.95. The first-order chi connectivity index (χ1) is 3.70. The van der Waals surface area contributed by atoms with Crippen LogP contribution in [0.15, 0.2) is 8.42 Å². The highest BCUT2D eigenvalue weighted by Crippen LogP contribution is 2.30. The van der Waals surface area contributed by atoms with Crippen LogP contribution in [0, 0.1) is 3.14 Å². The van der Waals surface area contributed by atoms with Crippen LogP contribution in [-0.4, -0.2) is 0 Å². The number of hydrogen-bond donors (Lipinski definition) is 2. The predicted octanol–water partition coefficient (Wildman–Crippen LogP) is 3.12. The molecule has 0 bridgehead atoms. The quantitative estimate of drug-likeness (QED) is 0.477. The molecule has 0 saturated heterocycles. The Morgan fingerprint density at radius 1 is 1.12 bits per heavy atom. The molecule has 1 rings (SSSR count). The van der Waals surface area contributed by atoms with Crippen molar-refractivity contribution in [1.29, 1.82) is 0 Å². The monoisotopic (exact) mass is 198 g/mol. The lowest BCUT2D eigenvalue weighted by Crippen LogP contribution is -1.43. The van der Waals surface area contributed by atoms with Crippen LogP contribution in [0.2, 0.25) is 0 Å². The second-order valence-electron chi connectivity index (χ2n) is 1.06. The van der Waals surface area contributed by atoms with Gasteiger partial charge in [0.1, 0.15) is 3.14 Å². The van der Waals surface area contributed by atoms with Crippen LogP contribution in [-0.2, 0) is 0 Å². The summed E-state index contributed by atoms with van der Waals surface area (Å²) in [4.78, 5) is 0. The normalized spacial score (nSPS) is 9.75. The molecule has 0 spiro atoms. The van der Waals surface area contributed by atoms with Crippen molar-refractivity contribution in [3.63, 3.8) is 0 Å². The highest BCUT2D eigenvalue weighted by molar-refractivity contribution is 7.88. The lowest BCUT2D eigenvalue weighted by Gasteiger charge is -1.75. The van der Waals surface area contributed by atoms with Crippen LogP contribution < -0.4 is 0 Å². The van der Waals surface area contributed by atoms with E-state index in [0.29, 0.717) is 0 Å². The molecule has 0 atom stereocenters. The average molecular weight is 198 g/mol. The van der Waals surface area contributed by atoms with E-state index in [1.54, 1.807) is 0 Å². The summed E-state index contributed by atoms with van der Waals surface area (Å²) in [6, 6.07) is 0. The van der Waals surface area contributed by atoms with Crippen LogP contribution in [0.5, 0.6) is 0 Å². The van der Waals surface area contributed by atoms with Gasteiger partial charge in [0.05, 0.1) is 8.42 Å². The summed E-state index contributed by atoms with van der Waals surface area (Å²) in [5, 5.41) is 0. The molecule has 0 aliphatic rings. The van der Waals surface area contributed by atoms with Gasteiger partial charge in [-0.3, -0.25) is 0 Å². The van der Waals surface area contributed by atoms with Crippen LogP contribution in [0.25, 0.3) is 0 Å². The van der Waals surface area contributed by atoms with E-state index >= 15 is 0 Å². The summed E-state index contributed by atoms with van der Waals surface area (Å²) >= 11 is 16.0. The van der Waals surface area contributed by atoms with Gasteiger partial charge >= 0.3 is 0 Å². The van der Waals surface area contributed by atoms with E-state index in [0.717, 1.165) is 11.6 Å². The van der Waals surface area contributed by atoms with Crippen molar-refractivity contribution in [1.82, 2.24) is 0 Å². The van der Waals surface area contributed by atoms with Crippen molar-refractivity contribution in [2.75, 3.05) is 0 Å². The van der Waals surface area contributed by atoms with E-state index < -0.39 is 0 Å². The zero-order chi connectivity index (χ0) is 6.15. The molecule has 0 N–H and O–H groups in total. The first kappa shape index (κ1) is 7.08. The van der Waals surface area contributed by atoms with E-state index in [1.165, 1.54) is 22.7 Å². The van der Waals surface area contributed by atoms with E-state index in [9.17, 15) is 0 Å². The molecule has 1 aromatic heterocycles. The molecule has 0 amide bonds. The largest absolute Gasteiger partial charge is 0.145 e. The van der Waals surface area contributed by atoms with Gasteiger partial charge in [-0.15, -0.1) is 47.9 Å². The Hall–Kier alpha value is 0.970. The Balaban J connectivity index is 3.35. The zero-order valence-corrected chi connectivity index (χ0v) is 7.86. The predicted molar refractivity (Wildman–Crippen MR) is 47.5 cm³/mol. The first-order valence-corrected chi connectivity index (χ1v) is 4.65. The molecule has 44 valence electrons. The van der Waals surface area contributed by atoms with E-state index in [-0.39, 0.29) is 0 Å². The fraction of sp³-hybridized carbons (Fsp3) is 0. The molecular formula is C3H2S5. The zero-order valence-electron chi connectivity index (χ0n) is 3.62. The van der Waals surface area contributed by atoms with Gasteiger partial charge in [-0.1, -0.05) is 12.2 Å². The summed E-state index contributed by atoms with van der Waals surface area (Å²) < 4.78 is 2.73. The van der Waals surface area contributed by atoms with Gasteiger partial charge in [-0.2, -0.15) is 0 Å². The van der Waals surface area contributed by atoms with Crippen LogP contribution in [0.1, 0.15) is 0 Å². The topological polar surface area (TPSA) is 0 Å². The minimum absolute atomic E-state index is 0.889. The third-order valence-corrected chi connectivity index (χ3v) is 4.27. The van der Waals surface area contributed by atoms with E-state index in [2.05, 4.69) is 25.3 Å². The van der Waals surface area contributed by atoms with Gasteiger partial charge < -0.3 is 0 Å². The molecule has 0 nitrogen and oxygen atoms in total. The molecule has 5 heteroatoms. The smallest absolute Gasteiger partial charge is 0.131 e. The fourth-order valence-corrected chi connectivity index (χ4v) is 3.74. The van der Waals surface area contributed by atoms with Crippen molar-refractivity contribution < 1.29 is 0 Å². The summed E-state index contributed by atoms with van der Waals surface area (Å²) in [6.45, 7) is 0. The van der Waals surface area contributed by atoms with Crippen molar-refractivity contribution in [3.05, 3.63) is 3.14 Å². The highest BCUT2D eigenvalue weighted by atomic mass is 32.2. The lowest BCUT2D eigenvalue weighted by molar-refractivity contribution is 1.56. The SMILES string of the molecule is S=c1sc(S)c(S)s1. The standard InChI is InChI=1S/C3H2S5/c4-1-2(5)8-3(6)7-1/h4-5H. The van der Waals surface area contributed by atoms with Gasteiger partial charge in [0, 0.05) is 0 Å². The van der Waals surface area contributed by atoms with E-state index in [1.807, 2.05) is 0 Å². The summed E-state index contributed by atoms with van der Waals surface area (Å²) in [5.74, 6) is 0. The second kappa shape index (κ2) is 2.70. The molecule has 0 aliphatic heterocycles. The van der Waals surface area contributed by atoms with Gasteiger partial charge in [0.25, 0.3) is 0 Å². The Kier molecular flexibility index (Phi) is 2.39. The Morgan fingerprint density at radius 2 is 1.50 bits per heavy atom. The molecule has 0 radical (unpaired) electrons. The van der Waals surface area contributed by atoms with E-state index in [4.69, 9.17) is 12.2 Å². The van der Waals surface area contributed by atoms with Gasteiger partial charge in [0.2, 0.25) is 0 Å². The molecule has 0 aromatic carbocycles. The molecule has 1 aromatic rings. The molecule has 0 unspecified atom stereocenters. The average Bonchev–Trinajstić information content (AvgIpc) is 1.85. The maximum Gasteiger partial charge on any atom is 0.145 e. The van der Waals surface area contributed by atoms with Crippen molar-refractivity contribution in [2.24, 2.45) is 0 Å². The third-order valence-electron chi connectivity index (χ3n) is 0.543. The van der Waals surface area contributed by atoms with Gasteiger partial charge in [0.15, 0.2) is 0 Å². The summed E-state index contributed by atoms with van der Waals surface area (Å²) in [6.07, 6.45) is 0. The minimum atomic E-state index is 0.889. The molecule has 0 fully saturated rings. The van der Waals surface area contributed by atoms with Crippen molar-refractivity contribution in [2.45, 2.75) is 8.42 Å². The maximum absolute atomic E-state index is 4.86. The Morgan fingerprint density at radius 3 is 1.62 bits per heavy atom. The summed E-state index contributed by atoms with van der Waals surface area (Å²) in [7, 11) is 0. The minimum Gasteiger partial charge on any atom is -0.131 e. The molecule has 1 heterocycles. The Labute approximate surface area is 71.4 Å². The van der Waals surface area contributed by atoms with Gasteiger partial charge in [-0.05, 0) is 0 Å². The van der Waals surface area contributed by atoms with Crippen molar-refractivity contribution in [3.8, 4) is 0 Å². The number of thiol groups is 2. The number of hydrogen-bond acceptors (Lipinski definition) is 5. The van der Waals surface area contributed by atoms with Crippen LogP contribution in [0.3, 0.4) is 0 Å². The molecule has 0 aliphatic carbocycles. The molecule has 0 saturated carbocycles. The molecule has 8 heavy (non-hydrogen) atoms. The number of rotatable bonds is 0. The first-order valence-electron chi connectivity index (χ1n) is 1.72. The second-order valence-corrected chi connectivity index (χ2v) is 5.79. The maximum atomic E-state index is 4.86. The van der Waals surface area contributed by atoms with Crippen molar-refractivity contribution >= 4 is 60.1 Å². The lowest BCUT2D eigenvalue weighted by atomic mass is 11.1. The van der Waals surface area contributed by atoms with Crippen LogP contribution >= 0.6 is 60.1 Å². The van der Waals surface area contributed by atoms with Gasteiger partial charge in [-0.25, -0.2) is 0 Å². The van der Waals surface area contributed by atoms with Crippen LogP contribution in [0.4, 0.5) is 0 Å². The Bertz CT molecular complexity index is 208. The fourth-order valence-electron chi connectivity index (χ4n) is 0.266. The summed E-state index contributed by atoms with van der Waals surface area (Å²) in [5.41, 5.74) is 0. The third kappa shape index (κ3) is 1.48. The molecular weight excluding hydrogens is 196 g/mol.